The van der Waals surface area contributed by atoms with Crippen LogP contribution >= 0.6 is 12.2 Å². The van der Waals surface area contributed by atoms with Gasteiger partial charge in [0.25, 0.3) is 0 Å². The zero-order chi connectivity index (χ0) is 22.5. The van der Waals surface area contributed by atoms with Gasteiger partial charge in [-0.1, -0.05) is 18.0 Å². The number of alkyl halides is 3. The summed E-state index contributed by atoms with van der Waals surface area (Å²) < 4.78 is 40.0. The lowest BCUT2D eigenvalue weighted by molar-refractivity contribution is -0.137. The van der Waals surface area contributed by atoms with E-state index in [1.807, 2.05) is 4.90 Å². The van der Waals surface area contributed by atoms with Gasteiger partial charge in [-0.05, 0) is 62.6 Å². The first-order valence-electron chi connectivity index (χ1n) is 9.46. The molecular weight excluding hydrogens is 417 g/mol. The van der Waals surface area contributed by atoms with E-state index in [2.05, 4.69) is 10.0 Å². The zero-order valence-corrected chi connectivity index (χ0v) is 17.5. The fourth-order valence-corrected chi connectivity index (χ4v) is 3.97. The van der Waals surface area contributed by atoms with E-state index in [4.69, 9.17) is 23.0 Å². The monoisotopic (exact) mass is 440 g/mol. The van der Waals surface area contributed by atoms with Crippen molar-refractivity contribution in [1.29, 1.82) is 5.26 Å². The molecule has 1 unspecified atom stereocenters. The molecule has 0 spiro atoms. The first-order valence-corrected chi connectivity index (χ1v) is 9.87. The van der Waals surface area contributed by atoms with Gasteiger partial charge >= 0.3 is 6.18 Å². The molecule has 1 aliphatic heterocycles. The van der Waals surface area contributed by atoms with Gasteiger partial charge in [-0.3, -0.25) is 4.90 Å². The van der Waals surface area contributed by atoms with E-state index < -0.39 is 29.1 Å². The number of thiocarbonyl (C=S) groups is 1. The standard InChI is InChI=1S/C19H23F3N6OS/c1-18(2)16(29)28(14-8-7-13(12-23)15(11-14)19(20,21)22)17(30)27(18)10-6-4-3-5-9-25-26-24/h7-8,11,16,29H,3-6,9-10H2,1-2H3. The van der Waals surface area contributed by atoms with Crippen LogP contribution in [0, 0.1) is 11.3 Å². The number of aliphatic hydroxyl groups is 1. The van der Waals surface area contributed by atoms with Crippen LogP contribution in [0.3, 0.4) is 0 Å². The van der Waals surface area contributed by atoms with Gasteiger partial charge in [-0.15, -0.1) is 0 Å². The molecule has 162 valence electrons. The van der Waals surface area contributed by atoms with Crippen LogP contribution < -0.4 is 4.90 Å². The molecule has 1 saturated heterocycles. The minimum absolute atomic E-state index is 0.0868. The van der Waals surface area contributed by atoms with Crippen LogP contribution in [0.5, 0.6) is 0 Å². The minimum atomic E-state index is -4.70. The summed E-state index contributed by atoms with van der Waals surface area (Å²) in [6.07, 6.45) is -2.57. The SMILES string of the molecule is CC1(C)C(O)N(c2ccc(C#N)c(C(F)(F)F)c2)C(=S)N1CCCCCCN=[N+]=[N-]. The third-order valence-corrected chi connectivity index (χ3v) is 5.59. The normalized spacial score (nSPS) is 18.3. The molecule has 2 rings (SSSR count). The van der Waals surface area contributed by atoms with E-state index >= 15 is 0 Å². The number of aliphatic hydroxyl groups excluding tert-OH is 1. The number of benzene rings is 1. The zero-order valence-electron chi connectivity index (χ0n) is 16.7. The van der Waals surface area contributed by atoms with Crippen molar-refractivity contribution >= 4 is 23.0 Å². The Kier molecular flexibility index (Phi) is 7.53. The first kappa shape index (κ1) is 23.7. The van der Waals surface area contributed by atoms with Crippen LogP contribution in [0.4, 0.5) is 18.9 Å². The lowest BCUT2D eigenvalue weighted by Crippen LogP contribution is -2.47. The van der Waals surface area contributed by atoms with E-state index in [1.54, 1.807) is 19.9 Å². The van der Waals surface area contributed by atoms with E-state index in [0.717, 1.165) is 37.8 Å². The lowest BCUT2D eigenvalue weighted by atomic mass is 10.0. The number of nitrogens with zero attached hydrogens (tertiary/aromatic N) is 6. The van der Waals surface area contributed by atoms with Crippen molar-refractivity contribution in [3.05, 3.63) is 39.8 Å². The van der Waals surface area contributed by atoms with Crippen molar-refractivity contribution in [2.24, 2.45) is 5.11 Å². The molecule has 0 saturated carbocycles. The summed E-state index contributed by atoms with van der Waals surface area (Å²) in [5, 5.41) is 23.5. The first-order chi connectivity index (χ1) is 14.1. The fourth-order valence-electron chi connectivity index (χ4n) is 3.44. The third-order valence-electron chi connectivity index (χ3n) is 5.17. The summed E-state index contributed by atoms with van der Waals surface area (Å²) in [5.41, 5.74) is 6.00. The molecule has 11 heteroatoms. The number of hydrogen-bond acceptors (Lipinski definition) is 4. The van der Waals surface area contributed by atoms with Crippen molar-refractivity contribution in [1.82, 2.24) is 4.90 Å². The van der Waals surface area contributed by atoms with Crippen LogP contribution in [-0.2, 0) is 6.18 Å². The Bertz CT molecular complexity index is 876. The van der Waals surface area contributed by atoms with E-state index in [-0.39, 0.29) is 10.8 Å². The van der Waals surface area contributed by atoms with E-state index in [9.17, 15) is 18.3 Å². The molecule has 0 aromatic heterocycles. The summed E-state index contributed by atoms with van der Waals surface area (Å²) in [5.74, 6) is 0. The molecule has 1 heterocycles. The highest BCUT2D eigenvalue weighted by molar-refractivity contribution is 7.80. The summed E-state index contributed by atoms with van der Waals surface area (Å²) in [4.78, 5) is 5.81. The Morgan fingerprint density at radius 1 is 1.30 bits per heavy atom. The van der Waals surface area contributed by atoms with E-state index in [1.165, 1.54) is 11.0 Å². The van der Waals surface area contributed by atoms with Crippen LogP contribution in [0.25, 0.3) is 10.4 Å². The second-order valence-electron chi connectivity index (χ2n) is 7.54. The van der Waals surface area contributed by atoms with Gasteiger partial charge in [0, 0.05) is 23.7 Å². The van der Waals surface area contributed by atoms with Crippen molar-refractivity contribution < 1.29 is 18.3 Å². The van der Waals surface area contributed by atoms with Crippen LogP contribution in [0.1, 0.15) is 50.7 Å². The maximum atomic E-state index is 13.3. The molecule has 1 aliphatic rings. The number of hydrogen-bond donors (Lipinski definition) is 1. The maximum absolute atomic E-state index is 13.3. The number of unbranched alkanes of at least 4 members (excludes halogenated alkanes) is 3. The molecule has 1 aromatic carbocycles. The summed E-state index contributed by atoms with van der Waals surface area (Å²) in [6, 6.07) is 4.85. The molecule has 30 heavy (non-hydrogen) atoms. The molecule has 0 bridgehead atoms. The number of anilines is 1. The number of rotatable bonds is 8. The van der Waals surface area contributed by atoms with E-state index in [0.29, 0.717) is 13.1 Å². The Hall–Kier alpha value is -2.54. The van der Waals surface area contributed by atoms with Crippen molar-refractivity contribution in [3.8, 4) is 6.07 Å². The highest BCUT2D eigenvalue weighted by Gasteiger charge is 2.49. The van der Waals surface area contributed by atoms with Crippen LogP contribution in [-0.4, -0.2) is 40.0 Å². The van der Waals surface area contributed by atoms with Crippen molar-refractivity contribution in [3.63, 3.8) is 0 Å². The molecular formula is C19H23F3N6OS. The smallest absolute Gasteiger partial charge is 0.371 e. The quantitative estimate of drug-likeness (QED) is 0.203. The molecule has 1 atom stereocenters. The van der Waals surface area contributed by atoms with Gasteiger partial charge < -0.3 is 10.0 Å². The fraction of sp³-hybridized carbons (Fsp3) is 0.579. The molecule has 0 aliphatic carbocycles. The number of azide groups is 1. The molecule has 1 aromatic rings. The Morgan fingerprint density at radius 2 is 1.97 bits per heavy atom. The summed E-state index contributed by atoms with van der Waals surface area (Å²) in [7, 11) is 0. The number of nitriles is 1. The molecule has 0 amide bonds. The van der Waals surface area contributed by atoms with Gasteiger partial charge in [0.2, 0.25) is 0 Å². The Balaban J connectivity index is 2.18. The second kappa shape index (κ2) is 9.51. The topological polar surface area (TPSA) is 99.3 Å². The summed E-state index contributed by atoms with van der Waals surface area (Å²) >= 11 is 5.49. The van der Waals surface area contributed by atoms with Gasteiger partial charge in [-0.25, -0.2) is 0 Å². The predicted octanol–water partition coefficient (Wildman–Crippen LogP) is 4.95. The predicted molar refractivity (Wildman–Crippen MR) is 111 cm³/mol. The number of halogens is 3. The average molecular weight is 440 g/mol. The largest absolute Gasteiger partial charge is 0.417 e. The van der Waals surface area contributed by atoms with Crippen LogP contribution in [0.15, 0.2) is 23.3 Å². The van der Waals surface area contributed by atoms with Gasteiger partial charge in [-0.2, -0.15) is 18.4 Å². The van der Waals surface area contributed by atoms with Gasteiger partial charge in [0.15, 0.2) is 11.3 Å². The van der Waals surface area contributed by atoms with Gasteiger partial charge in [0.1, 0.15) is 0 Å². The Morgan fingerprint density at radius 3 is 2.57 bits per heavy atom. The highest BCUT2D eigenvalue weighted by Crippen LogP contribution is 2.39. The lowest BCUT2D eigenvalue weighted by Gasteiger charge is -2.33. The van der Waals surface area contributed by atoms with Crippen LogP contribution in [0.2, 0.25) is 0 Å². The molecule has 1 N–H and O–H groups in total. The highest BCUT2D eigenvalue weighted by atomic mass is 32.1. The molecule has 7 nitrogen and oxygen atoms in total. The maximum Gasteiger partial charge on any atom is 0.417 e. The molecule has 1 fully saturated rings. The van der Waals surface area contributed by atoms with Crippen molar-refractivity contribution in [2.45, 2.75) is 57.5 Å². The summed E-state index contributed by atoms with van der Waals surface area (Å²) in [6.45, 7) is 4.53. The minimum Gasteiger partial charge on any atom is -0.371 e. The van der Waals surface area contributed by atoms with Crippen molar-refractivity contribution in [2.75, 3.05) is 18.0 Å². The second-order valence-corrected chi connectivity index (χ2v) is 7.90. The Labute approximate surface area is 178 Å². The molecule has 0 radical (unpaired) electrons. The van der Waals surface area contributed by atoms with Gasteiger partial charge in [0.05, 0.1) is 22.7 Å². The average Bonchev–Trinajstić information content (AvgIpc) is 2.85. The third kappa shape index (κ3) is 4.95.